The van der Waals surface area contributed by atoms with Gasteiger partial charge in [0.2, 0.25) is 0 Å². The lowest BCUT2D eigenvalue weighted by Gasteiger charge is -2.05. The predicted molar refractivity (Wildman–Crippen MR) is 60.2 cm³/mol. The zero-order chi connectivity index (χ0) is 10.5. The molecule has 0 aliphatic carbocycles. The van der Waals surface area contributed by atoms with Gasteiger partial charge in [0.05, 0.1) is 12.2 Å². The number of aromatic nitrogens is 2. The van der Waals surface area contributed by atoms with E-state index in [-0.39, 0.29) is 0 Å². The van der Waals surface area contributed by atoms with Crippen molar-refractivity contribution < 1.29 is 0 Å². The van der Waals surface area contributed by atoms with Crippen LogP contribution in [0.1, 0.15) is 5.69 Å². The van der Waals surface area contributed by atoms with E-state index in [0.717, 1.165) is 17.1 Å². The quantitative estimate of drug-likeness (QED) is 0.740. The molecule has 1 heterocycles. The molecule has 2 aromatic rings. The SMILES string of the molecule is Nc1cccc(NCc2cccnn2)c1. The second-order valence-corrected chi connectivity index (χ2v) is 3.19. The van der Waals surface area contributed by atoms with Crippen LogP contribution in [0.3, 0.4) is 0 Å². The summed E-state index contributed by atoms with van der Waals surface area (Å²) in [5.74, 6) is 0. The number of benzene rings is 1. The summed E-state index contributed by atoms with van der Waals surface area (Å²) in [6.07, 6.45) is 1.66. The molecule has 4 nitrogen and oxygen atoms in total. The van der Waals surface area contributed by atoms with Crippen LogP contribution in [0.4, 0.5) is 11.4 Å². The van der Waals surface area contributed by atoms with Crippen molar-refractivity contribution >= 4 is 11.4 Å². The Hall–Kier alpha value is -2.10. The Morgan fingerprint density at radius 2 is 2.13 bits per heavy atom. The summed E-state index contributed by atoms with van der Waals surface area (Å²) in [7, 11) is 0. The highest BCUT2D eigenvalue weighted by Crippen LogP contribution is 2.12. The van der Waals surface area contributed by atoms with Gasteiger partial charge in [-0.2, -0.15) is 10.2 Å². The fourth-order valence-corrected chi connectivity index (χ4v) is 1.27. The van der Waals surface area contributed by atoms with Crippen molar-refractivity contribution in [2.75, 3.05) is 11.1 Å². The first-order chi connectivity index (χ1) is 7.34. The third kappa shape index (κ3) is 2.67. The smallest absolute Gasteiger partial charge is 0.0821 e. The Balaban J connectivity index is 1.99. The van der Waals surface area contributed by atoms with Crippen LogP contribution < -0.4 is 11.1 Å². The van der Waals surface area contributed by atoms with Gasteiger partial charge >= 0.3 is 0 Å². The summed E-state index contributed by atoms with van der Waals surface area (Å²) in [4.78, 5) is 0. The summed E-state index contributed by atoms with van der Waals surface area (Å²) in [6.45, 7) is 0.650. The van der Waals surface area contributed by atoms with Gasteiger partial charge in [-0.05, 0) is 30.3 Å². The zero-order valence-electron chi connectivity index (χ0n) is 8.22. The van der Waals surface area contributed by atoms with Gasteiger partial charge in [0.1, 0.15) is 0 Å². The second-order valence-electron chi connectivity index (χ2n) is 3.19. The maximum Gasteiger partial charge on any atom is 0.0821 e. The van der Waals surface area contributed by atoms with Crippen LogP contribution in [-0.4, -0.2) is 10.2 Å². The van der Waals surface area contributed by atoms with Gasteiger partial charge < -0.3 is 11.1 Å². The Morgan fingerprint density at radius 1 is 1.20 bits per heavy atom. The van der Waals surface area contributed by atoms with E-state index in [9.17, 15) is 0 Å². The minimum atomic E-state index is 0.650. The number of hydrogen-bond acceptors (Lipinski definition) is 4. The Labute approximate surface area is 88.2 Å². The first-order valence-electron chi connectivity index (χ1n) is 4.70. The molecule has 0 aliphatic heterocycles. The third-order valence-corrected chi connectivity index (χ3v) is 1.99. The molecule has 0 bridgehead atoms. The molecule has 0 saturated carbocycles. The van der Waals surface area contributed by atoms with Crippen LogP contribution in [0.25, 0.3) is 0 Å². The molecule has 0 unspecified atom stereocenters. The van der Waals surface area contributed by atoms with E-state index >= 15 is 0 Å². The van der Waals surface area contributed by atoms with Gasteiger partial charge in [0.25, 0.3) is 0 Å². The summed E-state index contributed by atoms with van der Waals surface area (Å²) in [5, 5.41) is 11.0. The molecular formula is C11H12N4. The lowest BCUT2D eigenvalue weighted by Crippen LogP contribution is -2.02. The van der Waals surface area contributed by atoms with Gasteiger partial charge in [0.15, 0.2) is 0 Å². The molecule has 3 N–H and O–H groups in total. The summed E-state index contributed by atoms with van der Waals surface area (Å²) < 4.78 is 0. The van der Waals surface area contributed by atoms with Crippen LogP contribution in [0, 0.1) is 0 Å². The molecule has 0 spiro atoms. The Morgan fingerprint density at radius 3 is 2.87 bits per heavy atom. The number of nitrogens with one attached hydrogen (secondary N) is 1. The van der Waals surface area contributed by atoms with E-state index in [1.165, 1.54) is 0 Å². The molecular weight excluding hydrogens is 188 g/mol. The maximum absolute atomic E-state index is 5.66. The molecule has 0 saturated heterocycles. The van der Waals surface area contributed by atoms with Crippen LogP contribution >= 0.6 is 0 Å². The molecule has 2 rings (SSSR count). The highest BCUT2D eigenvalue weighted by atomic mass is 15.1. The highest BCUT2D eigenvalue weighted by molar-refractivity contribution is 5.54. The molecule has 4 heteroatoms. The van der Waals surface area contributed by atoms with Crippen molar-refractivity contribution in [2.45, 2.75) is 6.54 Å². The molecule has 0 amide bonds. The average Bonchev–Trinajstić information content (AvgIpc) is 2.28. The maximum atomic E-state index is 5.66. The number of anilines is 2. The molecule has 0 fully saturated rings. The standard InChI is InChI=1S/C11H12N4/c12-9-3-1-4-10(7-9)13-8-11-5-2-6-14-15-11/h1-7,13H,8,12H2. The molecule has 1 aromatic heterocycles. The largest absolute Gasteiger partial charge is 0.399 e. The van der Waals surface area contributed by atoms with Gasteiger partial charge in [-0.3, -0.25) is 0 Å². The number of rotatable bonds is 3. The van der Waals surface area contributed by atoms with Crippen molar-refractivity contribution in [1.82, 2.24) is 10.2 Å². The Bertz CT molecular complexity index is 428. The molecule has 0 aliphatic rings. The van der Waals surface area contributed by atoms with Gasteiger partial charge in [-0.25, -0.2) is 0 Å². The Kier molecular flexibility index (Phi) is 2.78. The number of hydrogen-bond donors (Lipinski definition) is 2. The minimum Gasteiger partial charge on any atom is -0.399 e. The van der Waals surface area contributed by atoms with E-state index < -0.39 is 0 Å². The lowest BCUT2D eigenvalue weighted by atomic mass is 10.3. The van der Waals surface area contributed by atoms with E-state index in [2.05, 4.69) is 15.5 Å². The van der Waals surface area contributed by atoms with E-state index in [1.807, 2.05) is 36.4 Å². The van der Waals surface area contributed by atoms with E-state index in [1.54, 1.807) is 6.20 Å². The van der Waals surface area contributed by atoms with Gasteiger partial charge in [-0.15, -0.1) is 0 Å². The summed E-state index contributed by atoms with van der Waals surface area (Å²) >= 11 is 0. The minimum absolute atomic E-state index is 0.650. The van der Waals surface area contributed by atoms with Gasteiger partial charge in [-0.1, -0.05) is 6.07 Å². The summed E-state index contributed by atoms with van der Waals surface area (Å²) in [6, 6.07) is 11.4. The zero-order valence-corrected chi connectivity index (χ0v) is 8.22. The highest BCUT2D eigenvalue weighted by Gasteiger charge is 1.94. The molecule has 76 valence electrons. The number of nitrogens with two attached hydrogens (primary N) is 1. The lowest BCUT2D eigenvalue weighted by molar-refractivity contribution is 0.925. The topological polar surface area (TPSA) is 63.8 Å². The molecule has 0 radical (unpaired) electrons. The third-order valence-electron chi connectivity index (χ3n) is 1.99. The number of nitrogens with zero attached hydrogens (tertiary/aromatic N) is 2. The molecule has 0 atom stereocenters. The van der Waals surface area contributed by atoms with Crippen molar-refractivity contribution in [1.29, 1.82) is 0 Å². The second kappa shape index (κ2) is 4.41. The normalized spacial score (nSPS) is 9.87. The predicted octanol–water partition coefficient (Wildman–Crippen LogP) is 1.67. The summed E-state index contributed by atoms with van der Waals surface area (Å²) in [5.41, 5.74) is 8.30. The van der Waals surface area contributed by atoms with Gasteiger partial charge in [0, 0.05) is 17.6 Å². The van der Waals surface area contributed by atoms with Crippen molar-refractivity contribution in [3.8, 4) is 0 Å². The van der Waals surface area contributed by atoms with Crippen LogP contribution in [0.2, 0.25) is 0 Å². The fourth-order valence-electron chi connectivity index (χ4n) is 1.27. The molecule has 15 heavy (non-hydrogen) atoms. The van der Waals surface area contributed by atoms with Crippen molar-refractivity contribution in [2.24, 2.45) is 0 Å². The average molecular weight is 200 g/mol. The van der Waals surface area contributed by atoms with Crippen molar-refractivity contribution in [3.63, 3.8) is 0 Å². The van der Waals surface area contributed by atoms with Crippen LogP contribution in [-0.2, 0) is 6.54 Å². The first-order valence-corrected chi connectivity index (χ1v) is 4.70. The van der Waals surface area contributed by atoms with Crippen LogP contribution in [0.15, 0.2) is 42.6 Å². The monoisotopic (exact) mass is 200 g/mol. The van der Waals surface area contributed by atoms with Crippen LogP contribution in [0.5, 0.6) is 0 Å². The number of nitrogen functional groups attached to an aromatic ring is 1. The van der Waals surface area contributed by atoms with Crippen molar-refractivity contribution in [3.05, 3.63) is 48.3 Å². The fraction of sp³-hybridized carbons (Fsp3) is 0.0909. The van der Waals surface area contributed by atoms with E-state index in [0.29, 0.717) is 6.54 Å². The van der Waals surface area contributed by atoms with E-state index in [4.69, 9.17) is 5.73 Å². The molecule has 1 aromatic carbocycles. The first kappa shape index (κ1) is 9.45.